The summed E-state index contributed by atoms with van der Waals surface area (Å²) in [6.07, 6.45) is 9.38. The monoisotopic (exact) mass is 381 g/mol. The Morgan fingerprint density at radius 1 is 1.21 bits per heavy atom. The van der Waals surface area contributed by atoms with Gasteiger partial charge in [-0.25, -0.2) is 0 Å². The summed E-state index contributed by atoms with van der Waals surface area (Å²) in [5, 5.41) is 0. The van der Waals surface area contributed by atoms with Crippen molar-refractivity contribution >= 4 is 11.7 Å². The molecule has 146 valence electrons. The quantitative estimate of drug-likeness (QED) is 0.734. The van der Waals surface area contributed by atoms with Crippen molar-refractivity contribution in [3.05, 3.63) is 54.2 Å². The molecule has 1 atom stereocenters. The summed E-state index contributed by atoms with van der Waals surface area (Å²) in [6, 6.07) is 1.84. The molecule has 3 aliphatic rings. The standard InChI is InChI=1S/C22H23NO5/c1-4-11-28-18-12-16-15(19(26-2)20(18)27-3)7-10-23-17(16)13-22(21(23)25)8-5-14(24)6-9-22/h4-6,8-9,12,17H,1,7,10-11,13H2,2-3H3. The maximum Gasteiger partial charge on any atom is 0.237 e. The summed E-state index contributed by atoms with van der Waals surface area (Å²) >= 11 is 0. The Morgan fingerprint density at radius 3 is 2.57 bits per heavy atom. The highest BCUT2D eigenvalue weighted by Gasteiger charge is 2.52. The van der Waals surface area contributed by atoms with Crippen molar-refractivity contribution in [1.29, 1.82) is 0 Å². The van der Waals surface area contributed by atoms with E-state index in [4.69, 9.17) is 14.2 Å². The molecule has 1 aromatic carbocycles. The molecule has 1 amide bonds. The first-order valence-electron chi connectivity index (χ1n) is 9.29. The molecule has 0 N–H and O–H groups in total. The van der Waals surface area contributed by atoms with Gasteiger partial charge >= 0.3 is 0 Å². The molecule has 2 heterocycles. The maximum atomic E-state index is 13.2. The van der Waals surface area contributed by atoms with Gasteiger partial charge in [-0.05, 0) is 36.6 Å². The number of rotatable bonds is 5. The van der Waals surface area contributed by atoms with Gasteiger partial charge in [0.1, 0.15) is 6.61 Å². The molecule has 2 aliphatic heterocycles. The molecule has 1 aromatic rings. The van der Waals surface area contributed by atoms with Crippen LogP contribution in [0.4, 0.5) is 0 Å². The Bertz CT molecular complexity index is 898. The number of hydrogen-bond donors (Lipinski definition) is 0. The smallest absolute Gasteiger partial charge is 0.237 e. The lowest BCUT2D eigenvalue weighted by molar-refractivity contribution is -0.133. The van der Waals surface area contributed by atoms with Crippen molar-refractivity contribution in [2.45, 2.75) is 18.9 Å². The molecule has 1 aliphatic carbocycles. The molecule has 0 bridgehead atoms. The largest absolute Gasteiger partial charge is 0.492 e. The topological polar surface area (TPSA) is 65.1 Å². The Balaban J connectivity index is 1.81. The van der Waals surface area contributed by atoms with Crippen LogP contribution in [0, 0.1) is 5.41 Å². The minimum Gasteiger partial charge on any atom is -0.492 e. The Labute approximate surface area is 164 Å². The average molecular weight is 381 g/mol. The number of amides is 1. The number of fused-ring (bicyclic) bond motifs is 3. The lowest BCUT2D eigenvalue weighted by atomic mass is 9.79. The van der Waals surface area contributed by atoms with Crippen molar-refractivity contribution in [1.82, 2.24) is 4.90 Å². The van der Waals surface area contributed by atoms with Crippen molar-refractivity contribution in [3.8, 4) is 17.2 Å². The van der Waals surface area contributed by atoms with Crippen molar-refractivity contribution in [3.63, 3.8) is 0 Å². The van der Waals surface area contributed by atoms with Crippen LogP contribution in [0.1, 0.15) is 23.6 Å². The van der Waals surface area contributed by atoms with E-state index in [1.165, 1.54) is 12.2 Å². The van der Waals surface area contributed by atoms with E-state index >= 15 is 0 Å². The van der Waals surface area contributed by atoms with Crippen LogP contribution in [-0.4, -0.2) is 44.0 Å². The van der Waals surface area contributed by atoms with Crippen LogP contribution < -0.4 is 14.2 Å². The van der Waals surface area contributed by atoms with E-state index in [9.17, 15) is 9.59 Å². The van der Waals surface area contributed by atoms with Gasteiger partial charge in [0.05, 0.1) is 25.7 Å². The molecule has 0 aromatic heterocycles. The predicted octanol–water partition coefficient (Wildman–Crippen LogP) is 2.78. The first kappa shape index (κ1) is 18.3. The second-order valence-corrected chi connectivity index (χ2v) is 7.19. The fourth-order valence-corrected chi connectivity index (χ4v) is 4.44. The Morgan fingerprint density at radius 2 is 1.93 bits per heavy atom. The maximum absolute atomic E-state index is 13.2. The number of benzene rings is 1. The van der Waals surface area contributed by atoms with Crippen LogP contribution in [0.5, 0.6) is 17.2 Å². The second-order valence-electron chi connectivity index (χ2n) is 7.19. The molecule has 6 nitrogen and oxygen atoms in total. The molecule has 28 heavy (non-hydrogen) atoms. The molecule has 4 rings (SSSR count). The highest BCUT2D eigenvalue weighted by Crippen LogP contribution is 2.53. The third-order valence-electron chi connectivity index (χ3n) is 5.72. The molecular formula is C22H23NO5. The van der Waals surface area contributed by atoms with Crippen LogP contribution in [0.3, 0.4) is 0 Å². The normalized spacial score (nSPS) is 21.5. The zero-order valence-electron chi connectivity index (χ0n) is 16.1. The Kier molecular flexibility index (Phi) is 4.49. The minimum absolute atomic E-state index is 0.0338. The van der Waals surface area contributed by atoms with Gasteiger partial charge in [0.15, 0.2) is 17.3 Å². The third kappa shape index (κ3) is 2.63. The zero-order chi connectivity index (χ0) is 19.9. The first-order chi connectivity index (χ1) is 13.5. The fourth-order valence-electron chi connectivity index (χ4n) is 4.44. The number of methoxy groups -OCH3 is 2. The van der Waals surface area contributed by atoms with E-state index in [1.807, 2.05) is 11.0 Å². The molecule has 1 spiro atoms. The molecule has 6 heteroatoms. The van der Waals surface area contributed by atoms with Gasteiger partial charge in [-0.1, -0.05) is 24.8 Å². The van der Waals surface area contributed by atoms with Crippen LogP contribution in [0.15, 0.2) is 43.0 Å². The molecular weight excluding hydrogens is 358 g/mol. The second kappa shape index (κ2) is 6.86. The lowest BCUT2D eigenvalue weighted by Gasteiger charge is -2.33. The van der Waals surface area contributed by atoms with Crippen molar-refractivity contribution < 1.29 is 23.8 Å². The van der Waals surface area contributed by atoms with Gasteiger partial charge in [0, 0.05) is 12.1 Å². The zero-order valence-corrected chi connectivity index (χ0v) is 16.1. The van der Waals surface area contributed by atoms with Gasteiger partial charge in [-0.2, -0.15) is 0 Å². The van der Waals surface area contributed by atoms with E-state index in [2.05, 4.69) is 6.58 Å². The third-order valence-corrected chi connectivity index (χ3v) is 5.72. The number of carbonyl (C=O) groups excluding carboxylic acids is 2. The number of allylic oxidation sites excluding steroid dienone is 2. The van der Waals surface area contributed by atoms with Gasteiger partial charge in [-0.15, -0.1) is 0 Å². The lowest BCUT2D eigenvalue weighted by Crippen LogP contribution is -2.37. The molecule has 1 fully saturated rings. The van der Waals surface area contributed by atoms with E-state index < -0.39 is 5.41 Å². The minimum atomic E-state index is -0.754. The molecule has 0 saturated carbocycles. The summed E-state index contributed by atoms with van der Waals surface area (Å²) in [7, 11) is 3.20. The average Bonchev–Trinajstić information content (AvgIpc) is 2.99. The van der Waals surface area contributed by atoms with E-state index in [-0.39, 0.29) is 17.7 Å². The summed E-state index contributed by atoms with van der Waals surface area (Å²) < 4.78 is 17.0. The number of ketones is 1. The fraction of sp³-hybridized carbons (Fsp3) is 0.364. The van der Waals surface area contributed by atoms with E-state index in [0.29, 0.717) is 43.2 Å². The highest BCUT2D eigenvalue weighted by molar-refractivity contribution is 6.03. The number of hydrogen-bond acceptors (Lipinski definition) is 5. The number of nitrogens with zero attached hydrogens (tertiary/aromatic N) is 1. The predicted molar refractivity (Wildman–Crippen MR) is 104 cm³/mol. The van der Waals surface area contributed by atoms with Crippen molar-refractivity contribution in [2.75, 3.05) is 27.4 Å². The highest BCUT2D eigenvalue weighted by atomic mass is 16.5. The van der Waals surface area contributed by atoms with Gasteiger partial charge in [0.25, 0.3) is 0 Å². The van der Waals surface area contributed by atoms with Crippen LogP contribution >= 0.6 is 0 Å². The number of ether oxygens (including phenoxy) is 3. The molecule has 0 radical (unpaired) electrons. The van der Waals surface area contributed by atoms with Gasteiger partial charge in [0.2, 0.25) is 11.7 Å². The van der Waals surface area contributed by atoms with Crippen LogP contribution in [0.2, 0.25) is 0 Å². The molecule has 1 unspecified atom stereocenters. The summed E-state index contributed by atoms with van der Waals surface area (Å²) in [5.41, 5.74) is 1.29. The van der Waals surface area contributed by atoms with Crippen LogP contribution in [0.25, 0.3) is 0 Å². The van der Waals surface area contributed by atoms with E-state index in [0.717, 1.165) is 11.1 Å². The summed E-state index contributed by atoms with van der Waals surface area (Å²) in [6.45, 7) is 4.63. The van der Waals surface area contributed by atoms with Crippen LogP contribution in [-0.2, 0) is 16.0 Å². The number of carbonyl (C=O) groups is 2. The summed E-state index contributed by atoms with van der Waals surface area (Å²) in [4.78, 5) is 26.6. The first-order valence-corrected chi connectivity index (χ1v) is 9.29. The Hall–Kier alpha value is -3.02. The SMILES string of the molecule is C=CCOc1cc2c(c(OC)c1OC)CCN1C(=O)C3(C=CC(=O)C=C3)CC21. The van der Waals surface area contributed by atoms with E-state index in [1.54, 1.807) is 32.4 Å². The van der Waals surface area contributed by atoms with Gasteiger partial charge < -0.3 is 19.1 Å². The summed E-state index contributed by atoms with van der Waals surface area (Å²) in [5.74, 6) is 1.72. The van der Waals surface area contributed by atoms with Gasteiger partial charge in [-0.3, -0.25) is 9.59 Å². The van der Waals surface area contributed by atoms with Crippen molar-refractivity contribution in [2.24, 2.45) is 5.41 Å². The molecule has 1 saturated heterocycles.